The molecular formula is C10H8Cl2N2O2. The summed E-state index contributed by atoms with van der Waals surface area (Å²) in [6.45, 7) is 0. The van der Waals surface area contributed by atoms with Crippen molar-refractivity contribution in [1.29, 1.82) is 0 Å². The third kappa shape index (κ3) is 1.50. The molecule has 84 valence electrons. The van der Waals surface area contributed by atoms with E-state index < -0.39 is 5.97 Å². The van der Waals surface area contributed by atoms with E-state index in [1.165, 1.54) is 7.11 Å². The fraction of sp³-hybridized carbons (Fsp3) is 0.100. The molecule has 2 aromatic rings. The summed E-state index contributed by atoms with van der Waals surface area (Å²) in [5.41, 5.74) is 6.50. The van der Waals surface area contributed by atoms with Crippen molar-refractivity contribution >= 4 is 45.9 Å². The van der Waals surface area contributed by atoms with Gasteiger partial charge in [0.15, 0.2) is 0 Å². The number of nitrogen functional groups attached to an aromatic ring is 1. The lowest BCUT2D eigenvalue weighted by atomic mass is 10.1. The monoisotopic (exact) mass is 258 g/mol. The highest BCUT2D eigenvalue weighted by Crippen LogP contribution is 2.34. The van der Waals surface area contributed by atoms with Gasteiger partial charge in [-0.3, -0.25) is 0 Å². The van der Waals surface area contributed by atoms with Gasteiger partial charge in [-0.15, -0.1) is 0 Å². The molecule has 0 aliphatic heterocycles. The second-order valence-electron chi connectivity index (χ2n) is 3.19. The number of rotatable bonds is 1. The lowest BCUT2D eigenvalue weighted by Gasteiger charge is -1.99. The maximum absolute atomic E-state index is 11.5. The van der Waals surface area contributed by atoms with E-state index in [4.69, 9.17) is 28.9 Å². The smallest absolute Gasteiger partial charge is 0.342 e. The Morgan fingerprint density at radius 3 is 2.75 bits per heavy atom. The van der Waals surface area contributed by atoms with E-state index in [2.05, 4.69) is 9.72 Å². The van der Waals surface area contributed by atoms with Crippen LogP contribution in [0.4, 0.5) is 5.82 Å². The van der Waals surface area contributed by atoms with Crippen molar-refractivity contribution in [3.05, 3.63) is 27.7 Å². The molecule has 0 aliphatic carbocycles. The Morgan fingerprint density at radius 1 is 1.44 bits per heavy atom. The maximum Gasteiger partial charge on any atom is 0.342 e. The van der Waals surface area contributed by atoms with E-state index in [-0.39, 0.29) is 11.4 Å². The number of hydrogen-bond donors (Lipinski definition) is 2. The van der Waals surface area contributed by atoms with Crippen LogP contribution in [0.1, 0.15) is 10.4 Å². The summed E-state index contributed by atoms with van der Waals surface area (Å²) in [5, 5.41) is 1.33. The van der Waals surface area contributed by atoms with Crippen LogP contribution in [0.2, 0.25) is 10.0 Å². The SMILES string of the molecule is COC(=O)c1c(N)[nH]c2c(Cl)c(Cl)ccc12. The third-order valence-electron chi connectivity index (χ3n) is 2.28. The Bertz CT molecular complexity index is 578. The Hall–Kier alpha value is -1.39. The van der Waals surface area contributed by atoms with Crippen molar-refractivity contribution in [2.45, 2.75) is 0 Å². The summed E-state index contributed by atoms with van der Waals surface area (Å²) < 4.78 is 4.64. The van der Waals surface area contributed by atoms with E-state index in [1.54, 1.807) is 12.1 Å². The molecule has 1 aromatic carbocycles. The summed E-state index contributed by atoms with van der Waals surface area (Å²) in [7, 11) is 1.29. The Kier molecular flexibility index (Phi) is 2.69. The van der Waals surface area contributed by atoms with Crippen molar-refractivity contribution in [3.8, 4) is 0 Å². The number of aromatic nitrogens is 1. The predicted octanol–water partition coefficient (Wildman–Crippen LogP) is 2.84. The first-order chi connectivity index (χ1) is 7.56. The van der Waals surface area contributed by atoms with Crippen LogP contribution >= 0.6 is 23.2 Å². The zero-order valence-corrected chi connectivity index (χ0v) is 9.82. The first-order valence-corrected chi connectivity index (χ1v) is 5.15. The first kappa shape index (κ1) is 11.1. The molecule has 16 heavy (non-hydrogen) atoms. The van der Waals surface area contributed by atoms with Crippen molar-refractivity contribution in [2.24, 2.45) is 0 Å². The molecule has 1 heterocycles. The van der Waals surface area contributed by atoms with Gasteiger partial charge in [0.1, 0.15) is 11.4 Å². The number of ether oxygens (including phenoxy) is 1. The Balaban J connectivity index is 2.82. The van der Waals surface area contributed by atoms with Crippen molar-refractivity contribution < 1.29 is 9.53 Å². The molecular weight excluding hydrogens is 251 g/mol. The Labute approximate surface area is 101 Å². The number of esters is 1. The van der Waals surface area contributed by atoms with Gasteiger partial charge in [0.05, 0.1) is 22.7 Å². The highest BCUT2D eigenvalue weighted by Gasteiger charge is 2.19. The molecule has 0 spiro atoms. The number of anilines is 1. The van der Waals surface area contributed by atoms with Gasteiger partial charge in [0, 0.05) is 5.39 Å². The van der Waals surface area contributed by atoms with E-state index in [9.17, 15) is 4.79 Å². The van der Waals surface area contributed by atoms with Gasteiger partial charge < -0.3 is 15.5 Å². The van der Waals surface area contributed by atoms with Crippen LogP contribution in [-0.2, 0) is 4.74 Å². The number of hydrogen-bond acceptors (Lipinski definition) is 3. The molecule has 0 bridgehead atoms. The van der Waals surface area contributed by atoms with Crippen molar-refractivity contribution in [3.63, 3.8) is 0 Å². The molecule has 1 aromatic heterocycles. The molecule has 0 saturated heterocycles. The van der Waals surface area contributed by atoms with Gasteiger partial charge in [0.25, 0.3) is 0 Å². The average molecular weight is 259 g/mol. The molecule has 0 fully saturated rings. The molecule has 0 radical (unpaired) electrons. The minimum atomic E-state index is -0.512. The van der Waals surface area contributed by atoms with Crippen LogP contribution in [0.15, 0.2) is 12.1 Å². The fourth-order valence-corrected chi connectivity index (χ4v) is 1.91. The number of methoxy groups -OCH3 is 1. The van der Waals surface area contributed by atoms with Gasteiger partial charge in [0.2, 0.25) is 0 Å². The maximum atomic E-state index is 11.5. The minimum absolute atomic E-state index is 0.214. The lowest BCUT2D eigenvalue weighted by molar-refractivity contribution is 0.0604. The van der Waals surface area contributed by atoms with E-state index in [0.29, 0.717) is 20.9 Å². The number of halogens is 2. The number of benzene rings is 1. The second kappa shape index (κ2) is 3.88. The van der Waals surface area contributed by atoms with Crippen molar-refractivity contribution in [1.82, 2.24) is 4.98 Å². The van der Waals surface area contributed by atoms with Gasteiger partial charge in [-0.25, -0.2) is 4.79 Å². The summed E-state index contributed by atoms with van der Waals surface area (Å²) in [5.74, 6) is -0.298. The molecule has 0 atom stereocenters. The highest BCUT2D eigenvalue weighted by atomic mass is 35.5. The van der Waals surface area contributed by atoms with Crippen LogP contribution in [0, 0.1) is 0 Å². The molecule has 3 N–H and O–H groups in total. The summed E-state index contributed by atoms with van der Waals surface area (Å²) in [6.07, 6.45) is 0. The molecule has 0 unspecified atom stereocenters. The van der Waals surface area contributed by atoms with Crippen LogP contribution < -0.4 is 5.73 Å². The number of carbonyl (C=O) groups excluding carboxylic acids is 1. The van der Waals surface area contributed by atoms with E-state index in [0.717, 1.165) is 0 Å². The number of nitrogens with one attached hydrogen (secondary N) is 1. The van der Waals surface area contributed by atoms with Gasteiger partial charge in [-0.1, -0.05) is 29.3 Å². The van der Waals surface area contributed by atoms with Gasteiger partial charge >= 0.3 is 5.97 Å². The second-order valence-corrected chi connectivity index (χ2v) is 3.97. The number of aromatic amines is 1. The number of carbonyl (C=O) groups is 1. The molecule has 4 nitrogen and oxygen atoms in total. The number of H-pyrrole nitrogens is 1. The van der Waals surface area contributed by atoms with Crippen LogP contribution in [0.5, 0.6) is 0 Å². The molecule has 6 heteroatoms. The Morgan fingerprint density at radius 2 is 2.12 bits per heavy atom. The van der Waals surface area contributed by atoms with E-state index in [1.807, 2.05) is 0 Å². The quantitative estimate of drug-likeness (QED) is 0.773. The average Bonchev–Trinajstić information content (AvgIpc) is 2.60. The third-order valence-corrected chi connectivity index (χ3v) is 3.09. The summed E-state index contributed by atoms with van der Waals surface area (Å²) >= 11 is 11.8. The zero-order chi connectivity index (χ0) is 11.9. The largest absolute Gasteiger partial charge is 0.465 e. The van der Waals surface area contributed by atoms with Crippen LogP contribution in [0.25, 0.3) is 10.9 Å². The lowest BCUT2D eigenvalue weighted by Crippen LogP contribution is -2.03. The molecule has 0 saturated carbocycles. The molecule has 2 rings (SSSR count). The predicted molar refractivity (Wildman–Crippen MR) is 64.1 cm³/mol. The zero-order valence-electron chi connectivity index (χ0n) is 8.30. The molecule has 0 amide bonds. The fourth-order valence-electron chi connectivity index (χ4n) is 1.55. The van der Waals surface area contributed by atoms with Crippen LogP contribution in [0.3, 0.4) is 0 Å². The molecule has 0 aliphatic rings. The topological polar surface area (TPSA) is 68.1 Å². The number of fused-ring (bicyclic) bond motifs is 1. The number of nitrogens with two attached hydrogens (primary N) is 1. The highest BCUT2D eigenvalue weighted by molar-refractivity contribution is 6.45. The van der Waals surface area contributed by atoms with Crippen molar-refractivity contribution in [2.75, 3.05) is 12.8 Å². The standard InChI is InChI=1S/C10H8Cl2N2O2/c1-16-10(15)6-4-2-3-5(11)7(12)8(4)14-9(6)13/h2-3,14H,13H2,1H3. The van der Waals surface area contributed by atoms with Gasteiger partial charge in [-0.05, 0) is 6.07 Å². The summed E-state index contributed by atoms with van der Waals surface area (Å²) in [4.78, 5) is 14.3. The first-order valence-electron chi connectivity index (χ1n) is 4.39. The van der Waals surface area contributed by atoms with E-state index >= 15 is 0 Å². The van der Waals surface area contributed by atoms with Crippen LogP contribution in [-0.4, -0.2) is 18.1 Å². The van der Waals surface area contributed by atoms with Gasteiger partial charge in [-0.2, -0.15) is 0 Å². The normalized spacial score (nSPS) is 10.7. The summed E-state index contributed by atoms with van der Waals surface area (Å²) in [6, 6.07) is 3.27. The minimum Gasteiger partial charge on any atom is -0.465 e.